The second-order valence-corrected chi connectivity index (χ2v) is 24.7. The maximum absolute atomic E-state index is 14.1. The molecule has 3 aliphatic heterocycles. The predicted molar refractivity (Wildman–Crippen MR) is 365 cm³/mol. The number of hydrogen-bond acceptors (Lipinski definition) is 34. The largest absolute Gasteiger partial charge is 0.481 e. The lowest BCUT2D eigenvalue weighted by molar-refractivity contribution is -0.272. The van der Waals surface area contributed by atoms with Gasteiger partial charge in [-0.05, 0) is 38.5 Å². The van der Waals surface area contributed by atoms with Crippen LogP contribution in [-0.2, 0) is 119 Å². The van der Waals surface area contributed by atoms with Gasteiger partial charge < -0.3 is 169 Å². The van der Waals surface area contributed by atoms with Crippen LogP contribution in [0.3, 0.4) is 0 Å². The Morgan fingerprint density at radius 2 is 0.648 bits per heavy atom. The van der Waals surface area contributed by atoms with E-state index in [1.54, 1.807) is 0 Å². The first kappa shape index (κ1) is 96.4. The zero-order valence-electron chi connectivity index (χ0n) is 61.4. The Balaban J connectivity index is 1.46. The average Bonchev–Trinajstić information content (AvgIpc) is 0.822. The van der Waals surface area contributed by atoms with E-state index in [4.69, 9.17) is 80.9 Å². The quantitative estimate of drug-likeness (QED) is 0.0251. The van der Waals surface area contributed by atoms with E-state index >= 15 is 0 Å². The predicted octanol–water partition coefficient (Wildman–Crippen LogP) is -9.83. The normalized spacial score (nSPS) is 24.7. The van der Waals surface area contributed by atoms with Crippen molar-refractivity contribution < 1.29 is 170 Å². The monoisotopic (exact) mass is 1570 g/mol. The van der Waals surface area contributed by atoms with Crippen LogP contribution in [0.15, 0.2) is 0 Å². The highest BCUT2D eigenvalue weighted by Gasteiger charge is 2.48. The van der Waals surface area contributed by atoms with Crippen LogP contribution < -0.4 is 42.5 Å². The molecule has 3 saturated heterocycles. The number of aliphatic hydroxyl groups excluding tert-OH is 9. The van der Waals surface area contributed by atoms with Gasteiger partial charge in [-0.2, -0.15) is 0 Å². The second kappa shape index (κ2) is 58.2. The fourth-order valence-electron chi connectivity index (χ4n) is 10.5. The van der Waals surface area contributed by atoms with Gasteiger partial charge in [0.05, 0.1) is 158 Å². The van der Waals surface area contributed by atoms with Crippen molar-refractivity contribution in [2.45, 2.75) is 170 Å². The van der Waals surface area contributed by atoms with Crippen LogP contribution in [0.5, 0.6) is 0 Å². The Morgan fingerprint density at radius 3 is 0.972 bits per heavy atom. The van der Waals surface area contributed by atoms with Gasteiger partial charge in [0.1, 0.15) is 105 Å². The van der Waals surface area contributed by atoms with Gasteiger partial charge in [-0.1, -0.05) is 0 Å². The molecule has 2 unspecified atom stereocenters. The lowest BCUT2D eigenvalue weighted by Crippen LogP contribution is -2.64. The van der Waals surface area contributed by atoms with E-state index in [1.165, 1.54) is 20.8 Å². The lowest BCUT2D eigenvalue weighted by Gasteiger charge is -2.42. The first-order valence-corrected chi connectivity index (χ1v) is 35.9. The van der Waals surface area contributed by atoms with Crippen molar-refractivity contribution in [3.05, 3.63) is 0 Å². The Labute approximate surface area is 625 Å². The van der Waals surface area contributed by atoms with Crippen molar-refractivity contribution in [1.82, 2.24) is 42.5 Å². The summed E-state index contributed by atoms with van der Waals surface area (Å²) in [6.07, 6.45) is -14.6. The average molecular weight is 1570 g/mol. The van der Waals surface area contributed by atoms with E-state index in [1.807, 2.05) is 0 Å². The van der Waals surface area contributed by atoms with E-state index in [-0.39, 0.29) is 191 Å². The molecule has 17 atom stereocenters. The molecule has 0 aromatic carbocycles. The highest BCUT2D eigenvalue weighted by Crippen LogP contribution is 2.25. The van der Waals surface area contributed by atoms with Gasteiger partial charge >= 0.3 is 5.97 Å². The third kappa shape index (κ3) is 41.0. The van der Waals surface area contributed by atoms with Crippen LogP contribution in [0.25, 0.3) is 0 Å². The number of aliphatic hydroxyl groups is 9. The molecule has 0 bridgehead atoms. The van der Waals surface area contributed by atoms with Crippen LogP contribution in [0.2, 0.25) is 0 Å². The number of carboxylic acid groups (broad SMARTS) is 1. The third-order valence-electron chi connectivity index (χ3n) is 16.0. The molecule has 3 heterocycles. The van der Waals surface area contributed by atoms with Crippen molar-refractivity contribution >= 4 is 53.2 Å². The van der Waals surface area contributed by atoms with Crippen molar-refractivity contribution in [2.24, 2.45) is 0 Å². The van der Waals surface area contributed by atoms with E-state index < -0.39 is 184 Å². The van der Waals surface area contributed by atoms with Gasteiger partial charge in [0.2, 0.25) is 47.3 Å². The summed E-state index contributed by atoms with van der Waals surface area (Å²) in [7, 11) is 0. The molecule has 3 aliphatic rings. The smallest absolute Gasteiger partial charge is 0.305 e. The molecule has 626 valence electrons. The number of ether oxygens (including phenoxy) is 16. The fourth-order valence-corrected chi connectivity index (χ4v) is 10.5. The molecule has 0 aliphatic carbocycles. The maximum atomic E-state index is 14.1. The van der Waals surface area contributed by atoms with Gasteiger partial charge in [0.25, 0.3) is 0 Å². The highest BCUT2D eigenvalue weighted by molar-refractivity contribution is 5.92. The van der Waals surface area contributed by atoms with Crippen LogP contribution in [0.1, 0.15) is 65.7 Å². The van der Waals surface area contributed by atoms with E-state index in [2.05, 4.69) is 42.5 Å². The number of aliphatic carboxylic acids is 1. The first-order valence-electron chi connectivity index (χ1n) is 35.9. The Bertz CT molecular complexity index is 2530. The zero-order chi connectivity index (χ0) is 79.4. The second-order valence-electron chi connectivity index (χ2n) is 24.7. The number of nitrogens with one attached hydrogen (secondary N) is 8. The maximum Gasteiger partial charge on any atom is 0.305 e. The molecule has 0 aromatic rings. The van der Waals surface area contributed by atoms with Gasteiger partial charge in [-0.25, -0.2) is 0 Å². The summed E-state index contributed by atoms with van der Waals surface area (Å²) in [5.41, 5.74) is 0. The molecule has 0 spiro atoms. The number of hydrogen-bond donors (Lipinski definition) is 18. The van der Waals surface area contributed by atoms with Crippen molar-refractivity contribution in [3.8, 4) is 0 Å². The molecule has 3 rings (SSSR count). The standard InChI is InChI=1S/C65H116N8O35/c1-40(77)69-52-58(88)55(85)45(34-74)106-63(52)103-31-28-97-19-16-94-22-25-100-37-48(80)66-11-6-4-8-43(61(91)68-13-15-93-14-10-51(83)84)73-62(92)44(72-50(82)39-102-27-24-96-18-21-99-30-33-105-65-54(71-42(3)79)60(90)57(87)47(36-76)108-65)9-5-7-12-67-49(81)38-101-26-23-95-17-20-98-29-32-104-64-53(70-41(2)78)59(89)56(86)46(35-75)107-64/h43-47,52-60,63-65,74-76,85-90H,4-39H2,1-3H3,(H,66,80)(H,67,81)(H,68,91)(H,69,77)(H,70,78)(H,71,79)(H,72,82)(H,73,92)(H,83,84)/t43-,44?,45+,46+,47+,52+,53+,54+,55-,56-,57-,58+,59+,60+,63?,64+,65+/m0/s1. The van der Waals surface area contributed by atoms with Crippen LogP contribution in [0.4, 0.5) is 0 Å². The Morgan fingerprint density at radius 1 is 0.343 bits per heavy atom. The van der Waals surface area contributed by atoms with Crippen molar-refractivity contribution in [1.29, 1.82) is 0 Å². The van der Waals surface area contributed by atoms with E-state index in [9.17, 15) is 89.1 Å². The van der Waals surface area contributed by atoms with E-state index in [0.717, 1.165) is 0 Å². The van der Waals surface area contributed by atoms with E-state index in [0.29, 0.717) is 19.3 Å². The number of unbranched alkanes of at least 4 members (excludes halogenated alkanes) is 2. The number of carboxylic acids is 1. The summed E-state index contributed by atoms with van der Waals surface area (Å²) in [6.45, 7) is 2.06. The SMILES string of the molecule is CC(=O)N[C@H]1[C@H](OCCOCCOCCOCC(=O)NCCCCC(NC(=O)COCCOCCOCCO[C@@H]2O[C@H](CO)[C@H](O)[C@H](O)[C@H]2NC(C)=O)C(=O)N[C@@H](CCCCNC(=O)COCCOCCOCCOC2O[C@H](CO)[C@H](O)[C@H](O)[C@H]2NC(C)=O)C(=O)NCCOCCC(=O)O)O[C@H](CO)[C@H](O)[C@@H]1O. The van der Waals surface area contributed by atoms with Crippen LogP contribution in [-0.4, -0.2) is 400 Å². The molecule has 0 saturated carbocycles. The minimum Gasteiger partial charge on any atom is -0.481 e. The first-order chi connectivity index (χ1) is 51.9. The molecule has 18 N–H and O–H groups in total. The minimum atomic E-state index is -1.48. The molecule has 0 radical (unpaired) electrons. The van der Waals surface area contributed by atoms with Gasteiger partial charge in [0, 0.05) is 40.4 Å². The van der Waals surface area contributed by atoms with Gasteiger partial charge in [0.15, 0.2) is 18.9 Å². The molecule has 43 nitrogen and oxygen atoms in total. The number of rotatable bonds is 62. The molecule has 0 aromatic heterocycles. The van der Waals surface area contributed by atoms with Gasteiger partial charge in [-0.3, -0.25) is 43.2 Å². The molecule has 8 amide bonds. The Kier molecular flexibility index (Phi) is 51.9. The summed E-state index contributed by atoms with van der Waals surface area (Å²) >= 11 is 0. The number of carbonyl (C=O) groups is 9. The minimum absolute atomic E-state index is 0.0256. The molecular weight excluding hydrogens is 1450 g/mol. The molecule has 43 heteroatoms. The summed E-state index contributed by atoms with van der Waals surface area (Å²) in [5.74, 6) is -5.51. The number of amides is 8. The Hall–Kier alpha value is -5.77. The fraction of sp³-hybridized carbons (Fsp3) is 0.862. The van der Waals surface area contributed by atoms with Crippen LogP contribution in [0, 0.1) is 0 Å². The summed E-state index contributed by atoms with van der Waals surface area (Å²) < 4.78 is 87.9. The third-order valence-corrected chi connectivity index (χ3v) is 16.0. The van der Waals surface area contributed by atoms with Crippen molar-refractivity contribution in [2.75, 3.05) is 191 Å². The summed E-state index contributed by atoms with van der Waals surface area (Å²) in [5, 5.41) is 120. The summed E-state index contributed by atoms with van der Waals surface area (Å²) in [6, 6.07) is -5.70. The summed E-state index contributed by atoms with van der Waals surface area (Å²) in [4.78, 5) is 112. The van der Waals surface area contributed by atoms with Crippen molar-refractivity contribution in [3.63, 3.8) is 0 Å². The molecule has 3 fully saturated rings. The van der Waals surface area contributed by atoms with Gasteiger partial charge in [-0.15, -0.1) is 0 Å². The zero-order valence-corrected chi connectivity index (χ0v) is 61.4. The lowest BCUT2D eigenvalue weighted by atomic mass is 9.97. The topological polar surface area (TPSA) is 600 Å². The molecular formula is C65H116N8O35. The highest BCUT2D eigenvalue weighted by atomic mass is 16.7. The number of carbonyl (C=O) groups excluding carboxylic acids is 8. The molecule has 108 heavy (non-hydrogen) atoms. The van der Waals surface area contributed by atoms with Crippen LogP contribution >= 0.6 is 0 Å².